The van der Waals surface area contributed by atoms with Crippen molar-refractivity contribution in [2.45, 2.75) is 0 Å². The number of aromatic hydroxyl groups is 1. The summed E-state index contributed by atoms with van der Waals surface area (Å²) in [7, 11) is 1.56. The maximum absolute atomic E-state index is 11.5. The van der Waals surface area contributed by atoms with Crippen molar-refractivity contribution < 1.29 is 9.84 Å². The molecule has 0 bridgehead atoms. The molecule has 0 unspecified atom stereocenters. The minimum absolute atomic E-state index is 0.299. The first-order valence-electron chi connectivity index (χ1n) is 5.98. The van der Waals surface area contributed by atoms with Gasteiger partial charge in [0, 0.05) is 0 Å². The SMILES string of the molecule is COc1ccc2nc(N=Nc3c(O)[nH]c(=O)[nH]c3=O)sc2c1. The Morgan fingerprint density at radius 2 is 2.09 bits per heavy atom. The minimum Gasteiger partial charge on any atom is -0.497 e. The number of aromatic amines is 2. The number of H-pyrrole nitrogens is 2. The number of nitrogens with zero attached hydrogens (tertiary/aromatic N) is 3. The Morgan fingerprint density at radius 3 is 2.82 bits per heavy atom. The maximum Gasteiger partial charge on any atom is 0.328 e. The van der Waals surface area contributed by atoms with E-state index < -0.39 is 22.8 Å². The molecule has 3 aromatic rings. The summed E-state index contributed by atoms with van der Waals surface area (Å²) in [5, 5.41) is 17.2. The molecule has 9 nitrogen and oxygen atoms in total. The first-order chi connectivity index (χ1) is 10.6. The molecule has 0 aliphatic rings. The lowest BCUT2D eigenvalue weighted by atomic mass is 10.3. The van der Waals surface area contributed by atoms with Crippen LogP contribution in [0.3, 0.4) is 0 Å². The van der Waals surface area contributed by atoms with Crippen molar-refractivity contribution in [3.05, 3.63) is 39.0 Å². The van der Waals surface area contributed by atoms with Crippen molar-refractivity contribution in [3.63, 3.8) is 0 Å². The van der Waals surface area contributed by atoms with Crippen LogP contribution in [0.2, 0.25) is 0 Å². The molecule has 0 saturated carbocycles. The number of ether oxygens (including phenoxy) is 1. The van der Waals surface area contributed by atoms with Gasteiger partial charge in [-0.2, -0.15) is 0 Å². The second-order valence-electron chi connectivity index (χ2n) is 4.14. The summed E-state index contributed by atoms with van der Waals surface area (Å²) >= 11 is 1.24. The van der Waals surface area contributed by atoms with Crippen molar-refractivity contribution in [2.24, 2.45) is 10.2 Å². The number of hydrogen-bond donors (Lipinski definition) is 3. The normalized spacial score (nSPS) is 11.3. The fourth-order valence-electron chi connectivity index (χ4n) is 1.72. The molecule has 3 rings (SSSR count). The van der Waals surface area contributed by atoms with Gasteiger partial charge in [0.1, 0.15) is 5.75 Å². The number of fused-ring (bicyclic) bond motifs is 1. The van der Waals surface area contributed by atoms with Crippen LogP contribution in [0, 0.1) is 0 Å². The average molecular weight is 319 g/mol. The zero-order valence-electron chi connectivity index (χ0n) is 11.2. The molecule has 0 atom stereocenters. The van der Waals surface area contributed by atoms with Gasteiger partial charge in [0.25, 0.3) is 5.56 Å². The Morgan fingerprint density at radius 1 is 1.27 bits per heavy atom. The Labute approximate surface area is 126 Å². The summed E-state index contributed by atoms with van der Waals surface area (Å²) < 4.78 is 5.96. The molecule has 0 saturated heterocycles. The Bertz CT molecular complexity index is 987. The van der Waals surface area contributed by atoms with E-state index in [9.17, 15) is 14.7 Å². The first-order valence-corrected chi connectivity index (χ1v) is 6.80. The summed E-state index contributed by atoms with van der Waals surface area (Å²) in [4.78, 5) is 30.6. The lowest BCUT2D eigenvalue weighted by Gasteiger charge is -1.96. The van der Waals surface area contributed by atoms with E-state index in [1.807, 2.05) is 9.97 Å². The van der Waals surface area contributed by atoms with Gasteiger partial charge in [0.2, 0.25) is 16.7 Å². The summed E-state index contributed by atoms with van der Waals surface area (Å²) in [6.07, 6.45) is 0. The number of azo groups is 1. The molecular weight excluding hydrogens is 310 g/mol. The molecule has 2 aromatic heterocycles. The van der Waals surface area contributed by atoms with Crippen LogP contribution in [0.15, 0.2) is 38.0 Å². The fraction of sp³-hybridized carbons (Fsp3) is 0.0833. The van der Waals surface area contributed by atoms with Crippen molar-refractivity contribution >= 4 is 32.4 Å². The number of benzene rings is 1. The lowest BCUT2D eigenvalue weighted by Crippen LogP contribution is -2.20. The quantitative estimate of drug-likeness (QED) is 0.633. The molecule has 10 heteroatoms. The molecule has 22 heavy (non-hydrogen) atoms. The van der Waals surface area contributed by atoms with Gasteiger partial charge in [-0.3, -0.25) is 14.8 Å². The summed E-state index contributed by atoms with van der Waals surface area (Å²) in [6.45, 7) is 0. The van der Waals surface area contributed by atoms with Gasteiger partial charge in [-0.15, -0.1) is 10.2 Å². The molecule has 2 heterocycles. The van der Waals surface area contributed by atoms with Crippen LogP contribution in [0.25, 0.3) is 10.2 Å². The third-order valence-electron chi connectivity index (χ3n) is 2.72. The molecule has 3 N–H and O–H groups in total. The van der Waals surface area contributed by atoms with E-state index in [2.05, 4.69) is 15.2 Å². The molecule has 0 aliphatic heterocycles. The summed E-state index contributed by atoms with van der Waals surface area (Å²) in [6, 6.07) is 5.34. The van der Waals surface area contributed by atoms with E-state index in [1.165, 1.54) is 11.3 Å². The summed E-state index contributed by atoms with van der Waals surface area (Å²) in [5.41, 5.74) is -1.35. The number of aromatic nitrogens is 3. The Balaban J connectivity index is 1.99. The van der Waals surface area contributed by atoms with Crippen LogP contribution in [-0.4, -0.2) is 27.2 Å². The summed E-state index contributed by atoms with van der Waals surface area (Å²) in [5.74, 6) is 0.0367. The van der Waals surface area contributed by atoms with Crippen LogP contribution in [0.1, 0.15) is 0 Å². The van der Waals surface area contributed by atoms with E-state index >= 15 is 0 Å². The van der Waals surface area contributed by atoms with Crippen LogP contribution >= 0.6 is 11.3 Å². The van der Waals surface area contributed by atoms with Gasteiger partial charge >= 0.3 is 5.69 Å². The second kappa shape index (κ2) is 5.41. The highest BCUT2D eigenvalue weighted by Crippen LogP contribution is 2.31. The average Bonchev–Trinajstić information content (AvgIpc) is 2.87. The van der Waals surface area contributed by atoms with Crippen molar-refractivity contribution in [2.75, 3.05) is 7.11 Å². The van der Waals surface area contributed by atoms with Crippen LogP contribution in [0.4, 0.5) is 10.8 Å². The topological polar surface area (TPSA) is 133 Å². The standard InChI is InChI=1S/C12H9N5O4S/c1-21-5-2-3-6-7(4-5)22-12(13-6)17-16-8-9(18)14-11(20)15-10(8)19/h2-4H,1H3,(H3,14,15,18,19,20). The molecule has 1 aromatic carbocycles. The van der Waals surface area contributed by atoms with Gasteiger partial charge in [0.15, 0.2) is 0 Å². The number of methoxy groups -OCH3 is 1. The monoisotopic (exact) mass is 319 g/mol. The predicted octanol–water partition coefficient (Wildman–Crippen LogP) is 1.80. The van der Waals surface area contributed by atoms with E-state index in [0.717, 1.165) is 4.70 Å². The van der Waals surface area contributed by atoms with E-state index in [1.54, 1.807) is 25.3 Å². The van der Waals surface area contributed by atoms with Crippen LogP contribution in [-0.2, 0) is 0 Å². The highest BCUT2D eigenvalue weighted by atomic mass is 32.1. The van der Waals surface area contributed by atoms with E-state index in [-0.39, 0.29) is 0 Å². The lowest BCUT2D eigenvalue weighted by molar-refractivity contribution is 0.415. The van der Waals surface area contributed by atoms with Gasteiger partial charge in [-0.25, -0.2) is 9.78 Å². The number of thiazole rings is 1. The van der Waals surface area contributed by atoms with E-state index in [0.29, 0.717) is 16.4 Å². The van der Waals surface area contributed by atoms with Crippen molar-refractivity contribution in [1.82, 2.24) is 15.0 Å². The number of hydrogen-bond acceptors (Lipinski definition) is 8. The molecule has 0 fully saturated rings. The molecule has 0 amide bonds. The zero-order valence-corrected chi connectivity index (χ0v) is 12.0. The highest BCUT2D eigenvalue weighted by molar-refractivity contribution is 7.21. The Kier molecular flexibility index (Phi) is 3.43. The third kappa shape index (κ3) is 2.59. The molecule has 0 spiro atoms. The van der Waals surface area contributed by atoms with Gasteiger partial charge in [-0.1, -0.05) is 11.3 Å². The van der Waals surface area contributed by atoms with Gasteiger partial charge < -0.3 is 9.84 Å². The second-order valence-corrected chi connectivity index (χ2v) is 5.14. The van der Waals surface area contributed by atoms with Gasteiger partial charge in [0.05, 0.1) is 17.3 Å². The van der Waals surface area contributed by atoms with Crippen LogP contribution < -0.4 is 16.0 Å². The van der Waals surface area contributed by atoms with Crippen molar-refractivity contribution in [3.8, 4) is 11.6 Å². The van der Waals surface area contributed by atoms with E-state index in [4.69, 9.17) is 4.74 Å². The first kappa shape index (κ1) is 13.9. The maximum atomic E-state index is 11.5. The smallest absolute Gasteiger partial charge is 0.328 e. The molecule has 0 aliphatic carbocycles. The zero-order chi connectivity index (χ0) is 15.7. The number of nitrogens with one attached hydrogen (secondary N) is 2. The molecular formula is C12H9N5O4S. The molecule has 0 radical (unpaired) electrons. The number of rotatable bonds is 3. The Hall–Kier alpha value is -3.01. The van der Waals surface area contributed by atoms with Gasteiger partial charge in [-0.05, 0) is 18.2 Å². The fourth-order valence-corrected chi connectivity index (χ4v) is 2.53. The molecule has 112 valence electrons. The predicted molar refractivity (Wildman–Crippen MR) is 79.7 cm³/mol. The third-order valence-corrected chi connectivity index (χ3v) is 3.62. The van der Waals surface area contributed by atoms with Crippen LogP contribution in [0.5, 0.6) is 11.6 Å². The van der Waals surface area contributed by atoms with Crippen molar-refractivity contribution in [1.29, 1.82) is 0 Å². The largest absolute Gasteiger partial charge is 0.497 e. The highest BCUT2D eigenvalue weighted by Gasteiger charge is 2.09. The minimum atomic E-state index is -0.840.